The van der Waals surface area contributed by atoms with Gasteiger partial charge in [-0.3, -0.25) is 0 Å². The highest BCUT2D eigenvalue weighted by Gasteiger charge is 2.05. The Kier molecular flexibility index (Phi) is 2.88. The Morgan fingerprint density at radius 3 is 2.83 bits per heavy atom. The summed E-state index contributed by atoms with van der Waals surface area (Å²) in [7, 11) is 0. The van der Waals surface area contributed by atoms with Gasteiger partial charge in [-0.15, -0.1) is 0 Å². The van der Waals surface area contributed by atoms with Crippen LogP contribution >= 0.6 is 0 Å². The van der Waals surface area contributed by atoms with Crippen LogP contribution in [0.2, 0.25) is 0 Å². The summed E-state index contributed by atoms with van der Waals surface area (Å²) >= 11 is 0. The molecule has 12 heavy (non-hydrogen) atoms. The number of para-hydroxylation sites is 1. The van der Waals surface area contributed by atoms with Gasteiger partial charge in [-0.2, -0.15) is 0 Å². The highest BCUT2D eigenvalue weighted by molar-refractivity contribution is 5.52. The lowest BCUT2D eigenvalue weighted by molar-refractivity contribution is 0.197. The summed E-state index contributed by atoms with van der Waals surface area (Å²) in [6.07, 6.45) is 0. The van der Waals surface area contributed by atoms with Gasteiger partial charge in [0.05, 0.1) is 12.3 Å². The number of nitrogens with two attached hydrogens (primary N) is 1. The molecule has 1 rings (SSSR count). The highest BCUT2D eigenvalue weighted by Crippen LogP contribution is 2.24. The first-order valence-corrected chi connectivity index (χ1v) is 3.53. The molecular formula is C8H10FNO2. The van der Waals surface area contributed by atoms with Gasteiger partial charge >= 0.3 is 0 Å². The lowest BCUT2D eigenvalue weighted by Gasteiger charge is -2.07. The summed E-state index contributed by atoms with van der Waals surface area (Å²) in [5.74, 6) is -0.505. The number of anilines is 1. The maximum atomic E-state index is 12.9. The normalized spacial score (nSPS) is 9.83. The number of aliphatic hydroxyl groups excluding tert-OH is 1. The Labute approximate surface area is 69.6 Å². The van der Waals surface area contributed by atoms with Gasteiger partial charge < -0.3 is 15.6 Å². The van der Waals surface area contributed by atoms with Crippen LogP contribution in [0.25, 0.3) is 0 Å². The molecule has 0 unspecified atom stereocenters. The van der Waals surface area contributed by atoms with Crippen molar-refractivity contribution in [2.75, 3.05) is 18.9 Å². The smallest absolute Gasteiger partial charge is 0.177 e. The molecule has 66 valence electrons. The largest absolute Gasteiger partial charge is 0.486 e. The number of benzene rings is 1. The minimum atomic E-state index is -0.511. The van der Waals surface area contributed by atoms with Crippen molar-refractivity contribution in [2.45, 2.75) is 0 Å². The first-order chi connectivity index (χ1) is 5.75. The lowest BCUT2D eigenvalue weighted by Crippen LogP contribution is -2.05. The fraction of sp³-hybridized carbons (Fsp3) is 0.250. The monoisotopic (exact) mass is 171 g/mol. The van der Waals surface area contributed by atoms with E-state index in [1.165, 1.54) is 18.2 Å². The third kappa shape index (κ3) is 1.85. The van der Waals surface area contributed by atoms with E-state index in [1.54, 1.807) is 0 Å². The molecule has 0 saturated heterocycles. The molecule has 0 aliphatic rings. The van der Waals surface area contributed by atoms with Crippen molar-refractivity contribution in [3.05, 3.63) is 24.0 Å². The van der Waals surface area contributed by atoms with Gasteiger partial charge in [-0.25, -0.2) is 4.39 Å². The second-order valence-corrected chi connectivity index (χ2v) is 2.23. The van der Waals surface area contributed by atoms with Crippen LogP contribution in [0.4, 0.5) is 10.1 Å². The predicted molar refractivity (Wildman–Crippen MR) is 43.4 cm³/mol. The van der Waals surface area contributed by atoms with Crippen molar-refractivity contribution in [1.82, 2.24) is 0 Å². The van der Waals surface area contributed by atoms with E-state index in [9.17, 15) is 4.39 Å². The predicted octanol–water partition coefficient (Wildman–Crippen LogP) is 0.779. The summed E-state index contributed by atoms with van der Waals surface area (Å²) in [6.45, 7) is -0.112. The van der Waals surface area contributed by atoms with E-state index in [0.29, 0.717) is 0 Å². The van der Waals surface area contributed by atoms with Crippen LogP contribution in [0.3, 0.4) is 0 Å². The summed E-state index contributed by atoms with van der Waals surface area (Å²) < 4.78 is 17.8. The van der Waals surface area contributed by atoms with Crippen molar-refractivity contribution in [2.24, 2.45) is 0 Å². The number of aliphatic hydroxyl groups is 1. The van der Waals surface area contributed by atoms with Gasteiger partial charge in [0, 0.05) is 0 Å². The van der Waals surface area contributed by atoms with E-state index in [1.807, 2.05) is 0 Å². The second-order valence-electron chi connectivity index (χ2n) is 2.23. The molecule has 3 nitrogen and oxygen atoms in total. The Bertz CT molecular complexity index is 245. The first-order valence-electron chi connectivity index (χ1n) is 3.53. The molecule has 0 aromatic heterocycles. The van der Waals surface area contributed by atoms with Gasteiger partial charge in [0.25, 0.3) is 0 Å². The standard InChI is InChI=1S/C8H10FNO2/c9-6-2-1-3-7(10)8(6)12-5-4-11/h1-3,11H,4-5,10H2. The molecule has 1 aromatic carbocycles. The minimum Gasteiger partial charge on any atom is -0.486 e. The molecule has 0 heterocycles. The van der Waals surface area contributed by atoms with Crippen LogP contribution in [-0.4, -0.2) is 18.3 Å². The summed E-state index contributed by atoms with van der Waals surface area (Å²) in [5, 5.41) is 8.42. The zero-order valence-electron chi connectivity index (χ0n) is 6.46. The summed E-state index contributed by atoms with van der Waals surface area (Å²) in [4.78, 5) is 0. The zero-order chi connectivity index (χ0) is 8.97. The Balaban J connectivity index is 2.81. The van der Waals surface area contributed by atoms with Crippen molar-refractivity contribution in [3.63, 3.8) is 0 Å². The second kappa shape index (κ2) is 3.92. The Hall–Kier alpha value is -1.29. The molecule has 3 N–H and O–H groups in total. The van der Waals surface area contributed by atoms with Gasteiger partial charge in [0.15, 0.2) is 11.6 Å². The average Bonchev–Trinajstić information content (AvgIpc) is 2.04. The van der Waals surface area contributed by atoms with Crippen LogP contribution in [0.1, 0.15) is 0 Å². The van der Waals surface area contributed by atoms with Crippen molar-refractivity contribution < 1.29 is 14.2 Å². The number of ether oxygens (including phenoxy) is 1. The lowest BCUT2D eigenvalue weighted by atomic mass is 10.3. The molecule has 0 radical (unpaired) electrons. The van der Waals surface area contributed by atoms with Crippen LogP contribution in [-0.2, 0) is 0 Å². The SMILES string of the molecule is Nc1cccc(F)c1OCCO. The molecule has 0 spiro atoms. The fourth-order valence-corrected chi connectivity index (χ4v) is 0.826. The average molecular weight is 171 g/mol. The molecule has 0 amide bonds. The third-order valence-corrected chi connectivity index (χ3v) is 1.34. The highest BCUT2D eigenvalue weighted by atomic mass is 19.1. The first kappa shape index (κ1) is 8.80. The van der Waals surface area contributed by atoms with Crippen LogP contribution in [0.15, 0.2) is 18.2 Å². The van der Waals surface area contributed by atoms with Gasteiger partial charge in [-0.05, 0) is 12.1 Å². The Morgan fingerprint density at radius 2 is 2.25 bits per heavy atom. The molecule has 4 heteroatoms. The topological polar surface area (TPSA) is 55.5 Å². The zero-order valence-corrected chi connectivity index (χ0v) is 6.46. The van der Waals surface area contributed by atoms with Crippen LogP contribution < -0.4 is 10.5 Å². The molecule has 0 aliphatic carbocycles. The number of hydrogen-bond donors (Lipinski definition) is 2. The maximum absolute atomic E-state index is 12.9. The van der Waals surface area contributed by atoms with E-state index >= 15 is 0 Å². The van der Waals surface area contributed by atoms with Crippen LogP contribution in [0.5, 0.6) is 5.75 Å². The molecular weight excluding hydrogens is 161 g/mol. The van der Waals surface area contributed by atoms with E-state index in [2.05, 4.69) is 0 Å². The van der Waals surface area contributed by atoms with Gasteiger partial charge in [0.1, 0.15) is 6.61 Å². The van der Waals surface area contributed by atoms with Crippen molar-refractivity contribution >= 4 is 5.69 Å². The van der Waals surface area contributed by atoms with Gasteiger partial charge in [-0.1, -0.05) is 6.07 Å². The minimum absolute atomic E-state index is 0.00606. The Morgan fingerprint density at radius 1 is 1.50 bits per heavy atom. The number of rotatable bonds is 3. The molecule has 0 atom stereocenters. The van der Waals surface area contributed by atoms with Gasteiger partial charge in [0.2, 0.25) is 0 Å². The van der Waals surface area contributed by atoms with E-state index in [4.69, 9.17) is 15.6 Å². The molecule has 0 fully saturated rings. The number of nitrogen functional groups attached to an aromatic ring is 1. The van der Waals surface area contributed by atoms with Crippen molar-refractivity contribution in [1.29, 1.82) is 0 Å². The van der Waals surface area contributed by atoms with Crippen molar-refractivity contribution in [3.8, 4) is 5.75 Å². The van der Waals surface area contributed by atoms with E-state index in [-0.39, 0.29) is 24.7 Å². The summed E-state index contributed by atoms with van der Waals surface area (Å²) in [6, 6.07) is 4.29. The third-order valence-electron chi connectivity index (χ3n) is 1.34. The quantitative estimate of drug-likeness (QED) is 0.661. The molecule has 0 aliphatic heterocycles. The maximum Gasteiger partial charge on any atom is 0.177 e. The fourth-order valence-electron chi connectivity index (χ4n) is 0.826. The van der Waals surface area contributed by atoms with Crippen LogP contribution in [0, 0.1) is 5.82 Å². The molecule has 1 aromatic rings. The van der Waals surface area contributed by atoms with E-state index < -0.39 is 5.82 Å². The number of hydrogen-bond acceptors (Lipinski definition) is 3. The summed E-state index contributed by atoms with van der Waals surface area (Å²) in [5.41, 5.74) is 5.65. The van der Waals surface area contributed by atoms with E-state index in [0.717, 1.165) is 0 Å². The molecule has 0 saturated carbocycles. The number of halogens is 1. The molecule has 0 bridgehead atoms.